The van der Waals surface area contributed by atoms with E-state index in [9.17, 15) is 19.2 Å². The molecule has 0 saturated carbocycles. The maximum Gasteiger partial charge on any atom is 1.00 e. The Hall–Kier alpha value is -0.645. The van der Waals surface area contributed by atoms with Gasteiger partial charge in [0.25, 0.3) is 0 Å². The average Bonchev–Trinajstić information content (AvgIpc) is 0.707. The largest absolute Gasteiger partial charge is 1.00 e. The predicted molar refractivity (Wildman–Crippen MR) is 502 cm³/mol. The van der Waals surface area contributed by atoms with Crippen molar-refractivity contribution in [1.29, 1.82) is 0 Å². The van der Waals surface area contributed by atoms with E-state index in [1.54, 1.807) is 0 Å². The molecule has 29 nitrogen and oxygen atoms in total. The minimum Gasteiger partial charge on any atom is -1.00 e. The number of fused-ring (bicyclic) bond motifs is 22. The van der Waals surface area contributed by atoms with Crippen LogP contribution in [0.5, 0.6) is 0 Å². The molecule has 125 heavy (non-hydrogen) atoms. The standard InChI is InChI=1S/C27H56N5O2.C18H33N4O2.C18H36N4O2.C12H22N4.C10H24N4.C6H11BrO2.B.BrH.ClH.Na.H/c1-7-32(8-2,9-3)24-12-17-28-13-10-14-29-18-20-30(21-19-29)15-11-16-31(23-22-28)25-26(33)34-27(4,5)6;1-18(2,3)24-15(23)14-22-12-5-8-21-10-9-19-6-4-7-20(11-13-22)16(19)17(21)22;1-18(2,3)24-17(23)16-22-10-5-9-21-14-12-20(13-15-21)8-4-6-19-7-11-22;1-3-13-7-9-15-5-2-6-16-10-8-14(4-1)11(13)12(15)16;1-3-11-7-9-13-5-2-6-14-10-8-12-4-1;1-6(2,3)9-5(8)4-7;;;;;/h7-25H2,1-6H3;16-17H,4-14H2,1-3H3;19H,4-16H2,1-3H3;11-12H,1-10H2;11-14H,1-10H2;4H2,1-3H3;;2*1H;;/q2*+1;;;;;;;;+1;-1/p-2. The third-order valence-electron chi connectivity index (χ3n) is 26.7. The number of nitrogens with zero attached hydrogens (tertiary/aromatic N) is 16. The first-order valence-electron chi connectivity index (χ1n) is 48.8. The van der Waals surface area contributed by atoms with Gasteiger partial charge >= 0.3 is 53.4 Å². The van der Waals surface area contributed by atoms with Gasteiger partial charge in [-0.1, -0.05) is 15.9 Å². The van der Waals surface area contributed by atoms with E-state index < -0.39 is 16.8 Å². The molecular weight excluding hydrogens is 1740 g/mol. The molecule has 15 fully saturated rings. The Morgan fingerprint density at radius 2 is 0.672 bits per heavy atom. The van der Waals surface area contributed by atoms with E-state index in [0.29, 0.717) is 32.0 Å². The van der Waals surface area contributed by atoms with Gasteiger partial charge in [0, 0.05) is 237 Å². The average molecular weight is 1930 g/mol. The van der Waals surface area contributed by atoms with E-state index in [2.05, 4.69) is 132 Å². The fraction of sp³-hybridized carbons (Fsp3) is 0.956. The number of rotatable bonds is 14. The summed E-state index contributed by atoms with van der Waals surface area (Å²) in [6, 6.07) is 0. The van der Waals surface area contributed by atoms with Crippen molar-refractivity contribution in [3.63, 3.8) is 0 Å². The molecule has 15 aliphatic rings. The summed E-state index contributed by atoms with van der Waals surface area (Å²) in [6.07, 6.45) is 16.0. The molecule has 4 bridgehead atoms. The van der Waals surface area contributed by atoms with Crippen molar-refractivity contribution in [3.05, 3.63) is 0 Å². The zero-order valence-electron chi connectivity index (χ0n) is 83.2. The van der Waals surface area contributed by atoms with Crippen LogP contribution in [0.25, 0.3) is 0 Å². The quantitative estimate of drug-likeness (QED) is 0.0363. The first-order chi connectivity index (χ1) is 57.9. The van der Waals surface area contributed by atoms with Gasteiger partial charge in [0.15, 0.2) is 12.7 Å². The number of quaternary nitrogens is 2. The van der Waals surface area contributed by atoms with Crippen LogP contribution in [-0.4, -0.2) is 503 Å². The first kappa shape index (κ1) is 117. The number of hydrogen-bond acceptors (Lipinski definition) is 27. The number of hydrogen-bond donors (Lipinski definition) is 5. The van der Waals surface area contributed by atoms with Crippen molar-refractivity contribution >= 4 is 48.2 Å². The molecule has 0 spiro atoms. The Kier molecular flexibility index (Phi) is 56.7. The molecular formula is C91H183BBr2ClN21NaO8. The number of alkyl halides is 1. The summed E-state index contributed by atoms with van der Waals surface area (Å²) < 4.78 is 23.9. The van der Waals surface area contributed by atoms with Crippen LogP contribution in [0.15, 0.2) is 0 Å². The Labute approximate surface area is 812 Å². The smallest absolute Gasteiger partial charge is 1.00 e. The van der Waals surface area contributed by atoms with Crippen LogP contribution in [-0.2, 0) is 38.1 Å². The van der Waals surface area contributed by atoms with Crippen molar-refractivity contribution in [1.82, 2.24) is 95.2 Å². The fourth-order valence-electron chi connectivity index (χ4n) is 20.4. The Morgan fingerprint density at radius 1 is 0.352 bits per heavy atom. The van der Waals surface area contributed by atoms with E-state index in [-0.39, 0.29) is 104 Å². The first-order valence-corrected chi connectivity index (χ1v) is 49.9. The molecule has 15 saturated heterocycles. The molecule has 0 aliphatic carbocycles. The SMILES string of the molecule is C1CN2CCN3CCCN4CCN(C1)C2C34.C1CNCCNCCCNCCNC1.CC(C)(C)OC(=O)CBr.CC(C)(C)OC(=O)CN1CCCN2CCN(CCCNCC1)CC2.CC(C)(C)OC(=O)C[N+]12CCCN3CCN4CCCN(CC1)C4C32.CC[N+](CC)(CC)CCCN1CCCN2CCN(CCCN(CC(=O)OC(C)(C)C)CC1)CC2.[B].[Br-].[Cl-].[H-].[Na+]. The Balaban J connectivity index is 0.000000402. The van der Waals surface area contributed by atoms with Crippen LogP contribution < -0.4 is 85.5 Å². The van der Waals surface area contributed by atoms with E-state index in [1.165, 1.54) is 232 Å². The number of carbonyl (C=O) groups is 4. The number of halogens is 3. The van der Waals surface area contributed by atoms with Crippen molar-refractivity contribution < 1.29 is 107 Å². The topological polar surface area (TPSA) is 211 Å². The second kappa shape index (κ2) is 60.7. The minimum absolute atomic E-state index is 0. The van der Waals surface area contributed by atoms with E-state index in [0.717, 1.165) is 180 Å². The van der Waals surface area contributed by atoms with Crippen LogP contribution in [0.4, 0.5) is 0 Å². The van der Waals surface area contributed by atoms with Gasteiger partial charge in [0.2, 0.25) is 0 Å². The summed E-state index contributed by atoms with van der Waals surface area (Å²) >= 11 is 2.99. The minimum atomic E-state index is -0.423. The predicted octanol–water partition coefficient (Wildman–Crippen LogP) is -4.93. The van der Waals surface area contributed by atoms with Gasteiger partial charge in [-0.15, -0.1) is 0 Å². The molecule has 15 rings (SSSR count). The molecule has 0 aromatic carbocycles. The molecule has 15 heterocycles. The van der Waals surface area contributed by atoms with E-state index >= 15 is 0 Å². The number of nitrogens with one attached hydrogen (secondary N) is 5. The third-order valence-corrected chi connectivity index (χ3v) is 27.1. The van der Waals surface area contributed by atoms with Crippen LogP contribution in [0.1, 0.15) is 176 Å². The zero-order chi connectivity index (χ0) is 87.3. The number of ether oxygens (including phenoxy) is 4. The van der Waals surface area contributed by atoms with Crippen molar-refractivity contribution in [2.24, 2.45) is 0 Å². The number of esters is 4. The van der Waals surface area contributed by atoms with Gasteiger partial charge in [0.05, 0.1) is 64.7 Å². The summed E-state index contributed by atoms with van der Waals surface area (Å²) in [4.78, 5) is 84.6. The van der Waals surface area contributed by atoms with Gasteiger partial charge in [-0.2, -0.15) is 0 Å². The second-order valence-corrected chi connectivity index (χ2v) is 41.2. The van der Waals surface area contributed by atoms with E-state index in [4.69, 9.17) is 18.9 Å². The van der Waals surface area contributed by atoms with Crippen molar-refractivity contribution in [2.45, 2.75) is 222 Å². The number of piperazine rings is 6. The molecule has 0 aromatic rings. The molecule has 34 heteroatoms. The molecule has 3 unspecified atom stereocenters. The molecule has 3 atom stereocenters. The number of carbonyl (C=O) groups excluding carboxylic acids is 4. The maximum atomic E-state index is 12.7. The van der Waals surface area contributed by atoms with Gasteiger partial charge in [-0.3, -0.25) is 63.0 Å². The van der Waals surface area contributed by atoms with Crippen LogP contribution in [0, 0.1) is 0 Å². The fourth-order valence-corrected chi connectivity index (χ4v) is 20.5. The van der Waals surface area contributed by atoms with Crippen molar-refractivity contribution in [3.8, 4) is 0 Å². The summed E-state index contributed by atoms with van der Waals surface area (Å²) in [6.45, 7) is 88.4. The molecule has 15 aliphatic heterocycles. The van der Waals surface area contributed by atoms with Gasteiger partial charge in [0.1, 0.15) is 33.9 Å². The summed E-state index contributed by atoms with van der Waals surface area (Å²) in [7, 11) is 0. The van der Waals surface area contributed by atoms with Crippen LogP contribution >= 0.6 is 15.9 Å². The molecule has 5 N–H and O–H groups in total. The molecule has 0 amide bonds. The van der Waals surface area contributed by atoms with E-state index in [1.807, 2.05) is 83.1 Å². The molecule has 0 aromatic heterocycles. The summed E-state index contributed by atoms with van der Waals surface area (Å²) in [5.74, 6) is -0.449. The van der Waals surface area contributed by atoms with Crippen LogP contribution in [0.2, 0.25) is 0 Å². The summed E-state index contributed by atoms with van der Waals surface area (Å²) in [5.41, 5.74) is -1.58. The van der Waals surface area contributed by atoms with Gasteiger partial charge in [-0.25, -0.2) is 4.79 Å². The third kappa shape index (κ3) is 43.5. The van der Waals surface area contributed by atoms with Crippen LogP contribution in [0.3, 0.4) is 0 Å². The summed E-state index contributed by atoms with van der Waals surface area (Å²) in [5, 5.41) is 17.5. The Bertz CT molecular complexity index is 2790. The zero-order valence-corrected chi connectivity index (χ0v) is 88.1. The van der Waals surface area contributed by atoms with Gasteiger partial charge < -0.3 is 105 Å². The second-order valence-electron chi connectivity index (χ2n) is 40.6. The normalized spacial score (nSPS) is 28.3. The molecule has 725 valence electrons. The monoisotopic (exact) mass is 1930 g/mol. The molecule has 3 radical (unpaired) electrons. The maximum absolute atomic E-state index is 12.7. The Morgan fingerprint density at radius 3 is 1.06 bits per heavy atom. The van der Waals surface area contributed by atoms with Gasteiger partial charge in [-0.05, 0) is 227 Å². The van der Waals surface area contributed by atoms with Crippen molar-refractivity contribution in [2.75, 3.05) is 346 Å².